The standard InChI is InChI=1S/C16H26N2O3/c1-16(2,8-3-9-19)11-18-15(21)14(17)10-12-4-6-13(20)7-5-12/h4-7,14,19-20H,3,8-11,17H2,1-2H3,(H,18,21)/t14-/m0/s1. The molecule has 118 valence electrons. The van der Waals surface area contributed by atoms with E-state index in [2.05, 4.69) is 19.2 Å². The van der Waals surface area contributed by atoms with E-state index in [4.69, 9.17) is 10.8 Å². The Morgan fingerprint density at radius 1 is 1.33 bits per heavy atom. The molecule has 1 rings (SSSR count). The Kier molecular flexibility index (Phi) is 6.65. The SMILES string of the molecule is CC(C)(CCCO)CNC(=O)[C@@H](N)Cc1ccc(O)cc1. The van der Waals surface area contributed by atoms with Gasteiger partial charge in [0.05, 0.1) is 6.04 Å². The number of hydrogen-bond donors (Lipinski definition) is 4. The number of hydrogen-bond acceptors (Lipinski definition) is 4. The Labute approximate surface area is 126 Å². The molecule has 5 heteroatoms. The van der Waals surface area contributed by atoms with Gasteiger partial charge in [-0.1, -0.05) is 26.0 Å². The summed E-state index contributed by atoms with van der Waals surface area (Å²) in [5.41, 5.74) is 6.76. The maximum Gasteiger partial charge on any atom is 0.237 e. The molecule has 0 heterocycles. The zero-order valence-electron chi connectivity index (χ0n) is 12.8. The second-order valence-electron chi connectivity index (χ2n) is 6.19. The number of benzene rings is 1. The monoisotopic (exact) mass is 294 g/mol. The van der Waals surface area contributed by atoms with Crippen molar-refractivity contribution in [3.63, 3.8) is 0 Å². The summed E-state index contributed by atoms with van der Waals surface area (Å²) in [6.07, 6.45) is 2.00. The molecule has 1 atom stereocenters. The van der Waals surface area contributed by atoms with Gasteiger partial charge in [-0.25, -0.2) is 0 Å². The Morgan fingerprint density at radius 2 is 1.95 bits per heavy atom. The van der Waals surface area contributed by atoms with Crippen molar-refractivity contribution in [1.82, 2.24) is 5.32 Å². The highest BCUT2D eigenvalue weighted by atomic mass is 16.3. The van der Waals surface area contributed by atoms with Gasteiger partial charge in [0.15, 0.2) is 0 Å². The van der Waals surface area contributed by atoms with Crippen LogP contribution < -0.4 is 11.1 Å². The molecule has 1 aromatic carbocycles. The summed E-state index contributed by atoms with van der Waals surface area (Å²) in [7, 11) is 0. The van der Waals surface area contributed by atoms with E-state index in [1.165, 1.54) is 0 Å². The summed E-state index contributed by atoms with van der Waals surface area (Å²) >= 11 is 0. The summed E-state index contributed by atoms with van der Waals surface area (Å²) in [5.74, 6) is 0.0163. The van der Waals surface area contributed by atoms with Gasteiger partial charge >= 0.3 is 0 Å². The third-order valence-corrected chi connectivity index (χ3v) is 3.48. The molecule has 0 saturated carbocycles. The minimum Gasteiger partial charge on any atom is -0.508 e. The number of aliphatic hydroxyl groups is 1. The van der Waals surface area contributed by atoms with Crippen LogP contribution in [-0.2, 0) is 11.2 Å². The zero-order chi connectivity index (χ0) is 15.9. The fraction of sp³-hybridized carbons (Fsp3) is 0.562. The molecule has 0 radical (unpaired) electrons. The van der Waals surface area contributed by atoms with Crippen LogP contribution in [0.4, 0.5) is 0 Å². The van der Waals surface area contributed by atoms with Crippen LogP contribution in [0.5, 0.6) is 5.75 Å². The molecule has 5 N–H and O–H groups in total. The summed E-state index contributed by atoms with van der Waals surface area (Å²) in [6, 6.07) is 6.07. The number of amides is 1. The van der Waals surface area contributed by atoms with Crippen molar-refractivity contribution in [2.45, 2.75) is 39.2 Å². The smallest absolute Gasteiger partial charge is 0.237 e. The van der Waals surface area contributed by atoms with E-state index in [-0.39, 0.29) is 23.7 Å². The Morgan fingerprint density at radius 3 is 2.52 bits per heavy atom. The van der Waals surface area contributed by atoms with E-state index in [0.29, 0.717) is 13.0 Å². The molecular formula is C16H26N2O3. The van der Waals surface area contributed by atoms with Crippen molar-refractivity contribution in [3.8, 4) is 5.75 Å². The first-order valence-electron chi connectivity index (χ1n) is 7.26. The van der Waals surface area contributed by atoms with Crippen molar-refractivity contribution in [1.29, 1.82) is 0 Å². The second kappa shape index (κ2) is 8.00. The quantitative estimate of drug-likeness (QED) is 0.579. The number of nitrogens with two attached hydrogens (primary N) is 1. The van der Waals surface area contributed by atoms with Crippen LogP contribution in [0, 0.1) is 5.41 Å². The van der Waals surface area contributed by atoms with Crippen molar-refractivity contribution in [3.05, 3.63) is 29.8 Å². The molecule has 21 heavy (non-hydrogen) atoms. The molecule has 0 fully saturated rings. The molecule has 1 amide bonds. The minimum atomic E-state index is -0.608. The highest BCUT2D eigenvalue weighted by molar-refractivity contribution is 5.81. The lowest BCUT2D eigenvalue weighted by atomic mass is 9.88. The number of aliphatic hydroxyl groups excluding tert-OH is 1. The van der Waals surface area contributed by atoms with E-state index in [1.54, 1.807) is 24.3 Å². The lowest BCUT2D eigenvalue weighted by Gasteiger charge is -2.25. The number of rotatable bonds is 8. The predicted molar refractivity (Wildman–Crippen MR) is 82.9 cm³/mol. The highest BCUT2D eigenvalue weighted by Gasteiger charge is 2.20. The van der Waals surface area contributed by atoms with E-state index in [0.717, 1.165) is 18.4 Å². The maximum atomic E-state index is 12.0. The first-order chi connectivity index (χ1) is 9.84. The van der Waals surface area contributed by atoms with E-state index in [9.17, 15) is 9.90 Å². The topological polar surface area (TPSA) is 95.6 Å². The fourth-order valence-corrected chi connectivity index (χ4v) is 2.08. The zero-order valence-corrected chi connectivity index (χ0v) is 12.8. The van der Waals surface area contributed by atoms with Crippen molar-refractivity contribution in [2.75, 3.05) is 13.2 Å². The van der Waals surface area contributed by atoms with Gasteiger partial charge in [0.25, 0.3) is 0 Å². The largest absolute Gasteiger partial charge is 0.508 e. The van der Waals surface area contributed by atoms with Gasteiger partial charge in [-0.3, -0.25) is 4.79 Å². The van der Waals surface area contributed by atoms with Gasteiger partial charge < -0.3 is 21.3 Å². The number of carbonyl (C=O) groups is 1. The van der Waals surface area contributed by atoms with Crippen LogP contribution in [0.1, 0.15) is 32.3 Å². The highest BCUT2D eigenvalue weighted by Crippen LogP contribution is 2.20. The molecule has 1 aromatic rings. The Balaban J connectivity index is 2.42. The number of phenols is 1. The number of aromatic hydroxyl groups is 1. The van der Waals surface area contributed by atoms with Gasteiger partial charge in [0.1, 0.15) is 5.75 Å². The van der Waals surface area contributed by atoms with Gasteiger partial charge in [-0.05, 0) is 42.4 Å². The fourth-order valence-electron chi connectivity index (χ4n) is 2.08. The number of phenolic OH excluding ortho intramolecular Hbond substituents is 1. The average Bonchev–Trinajstić information content (AvgIpc) is 2.45. The van der Waals surface area contributed by atoms with Crippen LogP contribution in [0.2, 0.25) is 0 Å². The molecule has 0 aromatic heterocycles. The summed E-state index contributed by atoms with van der Waals surface area (Å²) < 4.78 is 0. The average molecular weight is 294 g/mol. The minimum absolute atomic E-state index is 0.0589. The van der Waals surface area contributed by atoms with E-state index in [1.807, 2.05) is 0 Å². The van der Waals surface area contributed by atoms with Gasteiger partial charge in [0, 0.05) is 13.2 Å². The first-order valence-corrected chi connectivity index (χ1v) is 7.26. The molecular weight excluding hydrogens is 268 g/mol. The van der Waals surface area contributed by atoms with Crippen LogP contribution in [0.25, 0.3) is 0 Å². The Hall–Kier alpha value is -1.59. The summed E-state index contributed by atoms with van der Waals surface area (Å²) in [4.78, 5) is 12.0. The maximum absolute atomic E-state index is 12.0. The number of nitrogens with one attached hydrogen (secondary N) is 1. The second-order valence-corrected chi connectivity index (χ2v) is 6.19. The molecule has 0 bridgehead atoms. The van der Waals surface area contributed by atoms with E-state index < -0.39 is 6.04 Å². The molecule has 0 aliphatic rings. The van der Waals surface area contributed by atoms with E-state index >= 15 is 0 Å². The van der Waals surface area contributed by atoms with Crippen LogP contribution in [-0.4, -0.2) is 35.3 Å². The summed E-state index contributed by atoms with van der Waals surface area (Å²) in [6.45, 7) is 4.80. The molecule has 0 aliphatic heterocycles. The third kappa shape index (κ3) is 6.60. The molecule has 0 spiro atoms. The first kappa shape index (κ1) is 17.5. The van der Waals surface area contributed by atoms with Gasteiger partial charge in [0.2, 0.25) is 5.91 Å². The normalized spacial score (nSPS) is 13.0. The lowest BCUT2D eigenvalue weighted by molar-refractivity contribution is -0.122. The van der Waals surface area contributed by atoms with Crippen molar-refractivity contribution >= 4 is 5.91 Å². The van der Waals surface area contributed by atoms with Crippen LogP contribution >= 0.6 is 0 Å². The van der Waals surface area contributed by atoms with Gasteiger partial charge in [-0.2, -0.15) is 0 Å². The lowest BCUT2D eigenvalue weighted by Crippen LogP contribution is -2.45. The molecule has 0 saturated heterocycles. The Bertz CT molecular complexity index is 443. The molecule has 0 unspecified atom stereocenters. The molecule has 5 nitrogen and oxygen atoms in total. The molecule has 0 aliphatic carbocycles. The predicted octanol–water partition coefficient (Wildman–Crippen LogP) is 1.18. The van der Waals surface area contributed by atoms with Gasteiger partial charge in [-0.15, -0.1) is 0 Å². The van der Waals surface area contributed by atoms with Crippen LogP contribution in [0.15, 0.2) is 24.3 Å². The summed E-state index contributed by atoms with van der Waals surface area (Å²) in [5, 5.41) is 20.9. The number of carbonyl (C=O) groups excluding carboxylic acids is 1. The third-order valence-electron chi connectivity index (χ3n) is 3.48. The van der Waals surface area contributed by atoms with Crippen molar-refractivity contribution < 1.29 is 15.0 Å². The van der Waals surface area contributed by atoms with Crippen LogP contribution in [0.3, 0.4) is 0 Å². The van der Waals surface area contributed by atoms with Crippen molar-refractivity contribution in [2.24, 2.45) is 11.1 Å².